The maximum Gasteiger partial charge on any atom is 0.228 e. The highest BCUT2D eigenvalue weighted by molar-refractivity contribution is 6.78. The van der Waals surface area contributed by atoms with E-state index in [1.54, 1.807) is 0 Å². The van der Waals surface area contributed by atoms with Crippen molar-refractivity contribution in [1.82, 2.24) is 9.13 Å². The van der Waals surface area contributed by atoms with E-state index in [9.17, 15) is 0 Å². The van der Waals surface area contributed by atoms with Crippen LogP contribution >= 0.6 is 0 Å². The van der Waals surface area contributed by atoms with Gasteiger partial charge in [0.25, 0.3) is 0 Å². The average Bonchev–Trinajstić information content (AvgIpc) is 2.21. The van der Waals surface area contributed by atoms with Crippen LogP contribution in [0.4, 0.5) is 0 Å². The van der Waals surface area contributed by atoms with Crippen molar-refractivity contribution in [3.8, 4) is 0 Å². The Bertz CT molecular complexity index is 172. The maximum absolute atomic E-state index is 2.64. The van der Waals surface area contributed by atoms with Crippen LogP contribution in [0.5, 0.6) is 0 Å². The van der Waals surface area contributed by atoms with Gasteiger partial charge in [0.15, 0.2) is 0 Å². The smallest absolute Gasteiger partial charge is 0.228 e. The first-order valence-electron chi connectivity index (χ1n) is 6.24. The Kier molecular flexibility index (Phi) is 7.14. The van der Waals surface area contributed by atoms with E-state index in [-0.39, 0.29) is 0 Å². The molecule has 0 bridgehead atoms. The maximum atomic E-state index is 2.64. The summed E-state index contributed by atoms with van der Waals surface area (Å²) in [7, 11) is -1.52. The number of hydrogen-bond acceptors (Lipinski definition) is 2. The van der Waals surface area contributed by atoms with Crippen LogP contribution < -0.4 is 0 Å². The molecule has 0 spiro atoms. The summed E-state index contributed by atoms with van der Waals surface area (Å²) in [6.07, 6.45) is 2.23. The van der Waals surface area contributed by atoms with Crippen LogP contribution in [0.1, 0.15) is 34.6 Å². The van der Waals surface area contributed by atoms with Crippen LogP contribution in [-0.4, -0.2) is 43.7 Å². The highest BCUT2D eigenvalue weighted by Crippen LogP contribution is 2.17. The minimum atomic E-state index is -1.52. The van der Waals surface area contributed by atoms with Gasteiger partial charge >= 0.3 is 0 Å². The topological polar surface area (TPSA) is 6.48 Å². The first-order valence-corrected chi connectivity index (χ1v) is 8.71. The number of nitrogens with zero attached hydrogens (tertiary/aromatic N) is 2. The minimum absolute atomic E-state index is 1.15. The molecule has 0 aromatic carbocycles. The van der Waals surface area contributed by atoms with Crippen LogP contribution in [-0.2, 0) is 0 Å². The molecule has 0 aliphatic carbocycles. The molecular formula is C12H28N2Si. The SMILES string of the molecule is CC=C[Si](C)(N(CC)CC)N(CC)CC. The standard InChI is InChI=1S/C12H28N2Si/c1-7-12-15(6,13(8-2)9-3)14(10-4)11-5/h7,12H,8-11H2,1-6H3. The molecule has 15 heavy (non-hydrogen) atoms. The molecule has 0 aromatic heterocycles. The fourth-order valence-corrected chi connectivity index (χ4v) is 6.47. The van der Waals surface area contributed by atoms with Gasteiger partial charge in [0, 0.05) is 0 Å². The molecule has 0 atom stereocenters. The predicted molar refractivity (Wildman–Crippen MR) is 72.3 cm³/mol. The van der Waals surface area contributed by atoms with Crippen LogP contribution in [0.25, 0.3) is 0 Å². The Morgan fingerprint density at radius 3 is 1.40 bits per heavy atom. The van der Waals surface area contributed by atoms with Crippen LogP contribution in [0.15, 0.2) is 11.8 Å². The van der Waals surface area contributed by atoms with Crippen molar-refractivity contribution in [3.63, 3.8) is 0 Å². The van der Waals surface area contributed by atoms with Gasteiger partial charge in [-0.1, -0.05) is 39.5 Å². The van der Waals surface area contributed by atoms with Crippen LogP contribution in [0.2, 0.25) is 6.55 Å². The molecule has 0 saturated heterocycles. The summed E-state index contributed by atoms with van der Waals surface area (Å²) < 4.78 is 5.28. The third-order valence-corrected chi connectivity index (χ3v) is 8.08. The van der Waals surface area contributed by atoms with E-state index in [2.05, 4.69) is 62.1 Å². The molecule has 0 aromatic rings. The number of hydrogen-bond donors (Lipinski definition) is 0. The molecule has 0 aliphatic rings. The molecule has 0 aliphatic heterocycles. The Morgan fingerprint density at radius 2 is 1.20 bits per heavy atom. The van der Waals surface area contributed by atoms with Gasteiger partial charge in [-0.3, -0.25) is 0 Å². The normalized spacial score (nSPS) is 13.3. The Morgan fingerprint density at radius 1 is 0.867 bits per heavy atom. The molecule has 0 amide bonds. The number of rotatable bonds is 7. The van der Waals surface area contributed by atoms with Crippen molar-refractivity contribution in [1.29, 1.82) is 0 Å². The lowest BCUT2D eigenvalue weighted by Gasteiger charge is -2.43. The summed E-state index contributed by atoms with van der Waals surface area (Å²) in [5.74, 6) is 0. The van der Waals surface area contributed by atoms with E-state index < -0.39 is 8.40 Å². The van der Waals surface area contributed by atoms with Crippen molar-refractivity contribution in [2.75, 3.05) is 26.2 Å². The van der Waals surface area contributed by atoms with E-state index in [0.29, 0.717) is 0 Å². The fraction of sp³-hybridized carbons (Fsp3) is 0.833. The van der Waals surface area contributed by atoms with Gasteiger partial charge in [-0.15, -0.1) is 0 Å². The van der Waals surface area contributed by atoms with Gasteiger partial charge in [0.2, 0.25) is 8.40 Å². The van der Waals surface area contributed by atoms with Crippen molar-refractivity contribution in [2.24, 2.45) is 0 Å². The van der Waals surface area contributed by atoms with E-state index in [1.165, 1.54) is 0 Å². The van der Waals surface area contributed by atoms with E-state index >= 15 is 0 Å². The highest BCUT2D eigenvalue weighted by Gasteiger charge is 2.35. The summed E-state index contributed by atoms with van der Waals surface area (Å²) >= 11 is 0. The Balaban J connectivity index is 5.00. The summed E-state index contributed by atoms with van der Waals surface area (Å²) in [6.45, 7) is 18.3. The largest absolute Gasteiger partial charge is 0.309 e. The first kappa shape index (κ1) is 14.9. The molecule has 0 N–H and O–H groups in total. The summed E-state index contributed by atoms with van der Waals surface area (Å²) in [4.78, 5) is 0. The molecule has 3 heteroatoms. The summed E-state index contributed by atoms with van der Waals surface area (Å²) in [5, 5.41) is 0. The zero-order valence-corrected chi connectivity index (χ0v) is 12.4. The van der Waals surface area contributed by atoms with E-state index in [4.69, 9.17) is 0 Å². The van der Waals surface area contributed by atoms with Crippen molar-refractivity contribution < 1.29 is 0 Å². The molecule has 0 radical (unpaired) electrons. The molecule has 2 nitrogen and oxygen atoms in total. The summed E-state index contributed by atoms with van der Waals surface area (Å²) in [6, 6.07) is 0. The lowest BCUT2D eigenvalue weighted by Crippen LogP contribution is -2.62. The Labute approximate surface area is 97.1 Å². The second-order valence-electron chi connectivity index (χ2n) is 3.94. The molecule has 0 fully saturated rings. The molecule has 0 unspecified atom stereocenters. The third kappa shape index (κ3) is 3.43. The Hall–Kier alpha value is -0.123. The fourth-order valence-electron chi connectivity index (χ4n) is 2.45. The molecular weight excluding hydrogens is 200 g/mol. The first-order chi connectivity index (χ1) is 7.10. The highest BCUT2D eigenvalue weighted by atomic mass is 28.3. The van der Waals surface area contributed by atoms with Crippen molar-refractivity contribution in [3.05, 3.63) is 11.8 Å². The zero-order chi connectivity index (χ0) is 11.9. The number of allylic oxidation sites excluding steroid dienone is 1. The average molecular weight is 228 g/mol. The van der Waals surface area contributed by atoms with Gasteiger partial charge < -0.3 is 9.13 Å². The minimum Gasteiger partial charge on any atom is -0.309 e. The van der Waals surface area contributed by atoms with Crippen molar-refractivity contribution >= 4 is 8.40 Å². The van der Waals surface area contributed by atoms with Gasteiger partial charge in [0.1, 0.15) is 0 Å². The monoisotopic (exact) mass is 228 g/mol. The van der Waals surface area contributed by atoms with Gasteiger partial charge in [-0.05, 0) is 39.6 Å². The molecule has 0 saturated carbocycles. The summed E-state index contributed by atoms with van der Waals surface area (Å²) in [5.41, 5.74) is 2.45. The third-order valence-electron chi connectivity index (χ3n) is 3.29. The predicted octanol–water partition coefficient (Wildman–Crippen LogP) is 2.86. The second kappa shape index (κ2) is 7.20. The van der Waals surface area contributed by atoms with Crippen LogP contribution in [0, 0.1) is 0 Å². The van der Waals surface area contributed by atoms with Gasteiger partial charge in [-0.25, -0.2) is 0 Å². The van der Waals surface area contributed by atoms with Gasteiger partial charge in [-0.2, -0.15) is 0 Å². The quantitative estimate of drug-likeness (QED) is 0.618. The second-order valence-corrected chi connectivity index (χ2v) is 7.73. The van der Waals surface area contributed by atoms with Crippen LogP contribution in [0.3, 0.4) is 0 Å². The zero-order valence-electron chi connectivity index (χ0n) is 11.4. The lowest BCUT2D eigenvalue weighted by atomic mass is 10.7. The molecule has 0 heterocycles. The van der Waals surface area contributed by atoms with E-state index in [1.807, 2.05) is 0 Å². The molecule has 0 rings (SSSR count). The van der Waals surface area contributed by atoms with E-state index in [0.717, 1.165) is 26.2 Å². The molecule has 90 valence electrons. The van der Waals surface area contributed by atoms with Crippen molar-refractivity contribution in [2.45, 2.75) is 41.2 Å². The van der Waals surface area contributed by atoms with Gasteiger partial charge in [0.05, 0.1) is 0 Å². The lowest BCUT2D eigenvalue weighted by molar-refractivity contribution is 0.366.